The minimum absolute atomic E-state index is 0. The molecule has 0 bridgehead atoms. The number of aromatic nitrogens is 1. The first-order chi connectivity index (χ1) is 11.6. The number of aliphatic imine (C=N–C) groups is 1. The Morgan fingerprint density at radius 1 is 1.24 bits per heavy atom. The predicted molar refractivity (Wildman–Crippen MR) is 117 cm³/mol. The highest BCUT2D eigenvalue weighted by atomic mass is 127. The van der Waals surface area contributed by atoms with Crippen molar-refractivity contribution in [3.8, 4) is 0 Å². The van der Waals surface area contributed by atoms with Crippen LogP contribution in [0.2, 0.25) is 0 Å². The third kappa shape index (κ3) is 5.17. The monoisotopic (exact) mass is 470 g/mol. The van der Waals surface area contributed by atoms with Crippen LogP contribution >= 0.6 is 35.3 Å². The van der Waals surface area contributed by atoms with Crippen LogP contribution in [0.3, 0.4) is 0 Å². The first-order valence-electron chi connectivity index (χ1n) is 8.57. The molecule has 1 heterocycles. The van der Waals surface area contributed by atoms with Crippen LogP contribution in [0.25, 0.3) is 0 Å². The zero-order valence-electron chi connectivity index (χ0n) is 15.1. The molecule has 2 N–H and O–H groups in total. The van der Waals surface area contributed by atoms with Crippen molar-refractivity contribution in [3.63, 3.8) is 0 Å². The van der Waals surface area contributed by atoms with Gasteiger partial charge in [0.25, 0.3) is 0 Å². The molecular weight excluding hydrogens is 443 g/mol. The molecule has 0 aliphatic heterocycles. The summed E-state index contributed by atoms with van der Waals surface area (Å²) in [6.45, 7) is 5.98. The summed E-state index contributed by atoms with van der Waals surface area (Å²) in [7, 11) is 1.82. The molecule has 136 valence electrons. The maximum absolute atomic E-state index is 4.66. The lowest BCUT2D eigenvalue weighted by atomic mass is 9.96. The molecule has 1 aliphatic rings. The molecule has 1 aromatic heterocycles. The number of guanidine groups is 1. The predicted octanol–water partition coefficient (Wildman–Crippen LogP) is 4.28. The molecule has 1 saturated carbocycles. The van der Waals surface area contributed by atoms with E-state index in [1.165, 1.54) is 24.1 Å². The van der Waals surface area contributed by atoms with Gasteiger partial charge in [-0.2, -0.15) is 0 Å². The first kappa shape index (κ1) is 20.2. The van der Waals surface area contributed by atoms with Crippen LogP contribution in [0.5, 0.6) is 0 Å². The fourth-order valence-electron chi connectivity index (χ4n) is 2.81. The molecule has 1 aromatic carbocycles. The van der Waals surface area contributed by atoms with Gasteiger partial charge in [0, 0.05) is 24.4 Å². The van der Waals surface area contributed by atoms with Gasteiger partial charge in [0.05, 0.1) is 12.2 Å². The molecular formula is C19H27IN4S. The van der Waals surface area contributed by atoms with Crippen LogP contribution in [0.15, 0.2) is 40.7 Å². The average Bonchev–Trinajstić information content (AvgIpc) is 3.24. The summed E-state index contributed by atoms with van der Waals surface area (Å²) < 4.78 is 0. The number of nitrogens with one attached hydrogen (secondary N) is 2. The normalized spacial score (nSPS) is 15.6. The fraction of sp³-hybridized carbons (Fsp3) is 0.474. The Bertz CT molecular complexity index is 692. The van der Waals surface area contributed by atoms with E-state index in [0.29, 0.717) is 5.92 Å². The standard InChI is InChI=1S/C19H26N4S.HI/c1-14(2)16-12-24-17(23-16)11-21-18(20-3)22-13-19(9-10-19)15-7-5-4-6-8-15;/h4-8,12,14H,9-11,13H2,1-3H3,(H2,20,21,22);1H. The molecule has 0 unspecified atom stereocenters. The van der Waals surface area contributed by atoms with E-state index in [4.69, 9.17) is 0 Å². The number of rotatable bonds is 6. The lowest BCUT2D eigenvalue weighted by molar-refractivity contribution is 0.645. The van der Waals surface area contributed by atoms with E-state index < -0.39 is 0 Å². The molecule has 1 fully saturated rings. The molecule has 6 heteroatoms. The second-order valence-corrected chi connectivity index (χ2v) is 7.69. The molecule has 0 radical (unpaired) electrons. The SMILES string of the molecule is CN=C(NCc1nc(C(C)C)cs1)NCC1(c2ccccc2)CC1.I. The second kappa shape index (κ2) is 8.98. The molecule has 0 saturated heterocycles. The van der Waals surface area contributed by atoms with Crippen molar-refractivity contribution in [2.45, 2.75) is 44.6 Å². The van der Waals surface area contributed by atoms with Crippen molar-refractivity contribution < 1.29 is 0 Å². The molecule has 4 nitrogen and oxygen atoms in total. The zero-order valence-corrected chi connectivity index (χ0v) is 18.2. The topological polar surface area (TPSA) is 49.3 Å². The van der Waals surface area contributed by atoms with Gasteiger partial charge in [-0.25, -0.2) is 4.98 Å². The number of hydrogen-bond acceptors (Lipinski definition) is 3. The maximum Gasteiger partial charge on any atom is 0.191 e. The number of halogens is 1. The van der Waals surface area contributed by atoms with Gasteiger partial charge >= 0.3 is 0 Å². The number of benzene rings is 1. The van der Waals surface area contributed by atoms with Gasteiger partial charge < -0.3 is 10.6 Å². The van der Waals surface area contributed by atoms with Crippen LogP contribution in [-0.2, 0) is 12.0 Å². The summed E-state index contributed by atoms with van der Waals surface area (Å²) in [5.74, 6) is 1.33. The average molecular weight is 470 g/mol. The molecule has 0 spiro atoms. The van der Waals surface area contributed by atoms with Crippen LogP contribution in [0.1, 0.15) is 48.9 Å². The molecule has 3 rings (SSSR count). The zero-order chi connectivity index (χ0) is 17.0. The van der Waals surface area contributed by atoms with Gasteiger partial charge in [0.15, 0.2) is 5.96 Å². The van der Waals surface area contributed by atoms with E-state index in [2.05, 4.69) is 70.2 Å². The summed E-state index contributed by atoms with van der Waals surface area (Å²) in [5.41, 5.74) is 2.88. The highest BCUT2D eigenvalue weighted by molar-refractivity contribution is 14.0. The van der Waals surface area contributed by atoms with Gasteiger partial charge in [-0.1, -0.05) is 44.2 Å². The van der Waals surface area contributed by atoms with Gasteiger partial charge in [-0.15, -0.1) is 35.3 Å². The lowest BCUT2D eigenvalue weighted by Crippen LogP contribution is -2.40. The van der Waals surface area contributed by atoms with Crippen molar-refractivity contribution in [1.82, 2.24) is 15.6 Å². The minimum atomic E-state index is 0. The maximum atomic E-state index is 4.66. The smallest absolute Gasteiger partial charge is 0.191 e. The van der Waals surface area contributed by atoms with Crippen molar-refractivity contribution in [2.24, 2.45) is 4.99 Å². The Kier molecular flexibility index (Phi) is 7.25. The van der Waals surface area contributed by atoms with Crippen molar-refractivity contribution in [1.29, 1.82) is 0 Å². The summed E-state index contributed by atoms with van der Waals surface area (Å²) in [5, 5.41) is 10.1. The minimum Gasteiger partial charge on any atom is -0.356 e. The first-order valence-corrected chi connectivity index (χ1v) is 9.45. The lowest BCUT2D eigenvalue weighted by Gasteiger charge is -2.18. The van der Waals surface area contributed by atoms with Crippen LogP contribution < -0.4 is 10.6 Å². The van der Waals surface area contributed by atoms with Crippen LogP contribution in [0, 0.1) is 0 Å². The molecule has 25 heavy (non-hydrogen) atoms. The molecule has 2 aromatic rings. The fourth-order valence-corrected chi connectivity index (χ4v) is 3.71. The Morgan fingerprint density at radius 2 is 1.96 bits per heavy atom. The van der Waals surface area contributed by atoms with Crippen LogP contribution in [0.4, 0.5) is 0 Å². The Labute approximate surface area is 171 Å². The van der Waals surface area contributed by atoms with Gasteiger partial charge in [-0.3, -0.25) is 4.99 Å². The van der Waals surface area contributed by atoms with Gasteiger partial charge in [-0.05, 0) is 24.3 Å². The summed E-state index contributed by atoms with van der Waals surface area (Å²) in [4.78, 5) is 9.00. The Morgan fingerprint density at radius 3 is 2.52 bits per heavy atom. The molecule has 0 amide bonds. The highest BCUT2D eigenvalue weighted by Gasteiger charge is 2.43. The van der Waals surface area contributed by atoms with E-state index >= 15 is 0 Å². The third-order valence-corrected chi connectivity index (χ3v) is 5.49. The highest BCUT2D eigenvalue weighted by Crippen LogP contribution is 2.47. The molecule has 0 atom stereocenters. The van der Waals surface area contributed by atoms with Crippen LogP contribution in [-0.4, -0.2) is 24.5 Å². The van der Waals surface area contributed by atoms with Crippen molar-refractivity contribution >= 4 is 41.3 Å². The van der Waals surface area contributed by atoms with E-state index in [1.807, 2.05) is 7.05 Å². The number of thiazole rings is 1. The van der Waals surface area contributed by atoms with Crippen molar-refractivity contribution in [3.05, 3.63) is 52.0 Å². The van der Waals surface area contributed by atoms with Gasteiger partial charge in [0.1, 0.15) is 5.01 Å². The summed E-state index contributed by atoms with van der Waals surface area (Å²) in [6, 6.07) is 10.8. The summed E-state index contributed by atoms with van der Waals surface area (Å²) >= 11 is 1.71. The third-order valence-electron chi connectivity index (χ3n) is 4.63. The largest absolute Gasteiger partial charge is 0.356 e. The Balaban J connectivity index is 0.00000225. The van der Waals surface area contributed by atoms with Crippen molar-refractivity contribution in [2.75, 3.05) is 13.6 Å². The van der Waals surface area contributed by atoms with E-state index in [1.54, 1.807) is 11.3 Å². The Hall–Kier alpha value is -1.15. The quantitative estimate of drug-likeness (QED) is 0.377. The van der Waals surface area contributed by atoms with Gasteiger partial charge in [0.2, 0.25) is 0 Å². The second-order valence-electron chi connectivity index (χ2n) is 6.75. The van der Waals surface area contributed by atoms with E-state index in [0.717, 1.165) is 24.1 Å². The van der Waals surface area contributed by atoms with E-state index in [-0.39, 0.29) is 29.4 Å². The molecule has 1 aliphatic carbocycles. The summed E-state index contributed by atoms with van der Waals surface area (Å²) in [6.07, 6.45) is 2.48. The van der Waals surface area contributed by atoms with E-state index in [9.17, 15) is 0 Å². The number of hydrogen-bond donors (Lipinski definition) is 2. The number of nitrogens with zero attached hydrogens (tertiary/aromatic N) is 2.